The van der Waals surface area contributed by atoms with Crippen molar-refractivity contribution in [2.24, 2.45) is 0 Å². The summed E-state index contributed by atoms with van der Waals surface area (Å²) >= 11 is 0. The summed E-state index contributed by atoms with van der Waals surface area (Å²) in [5, 5.41) is 0. The van der Waals surface area contributed by atoms with Gasteiger partial charge in [0.2, 0.25) is 11.8 Å². The maximum absolute atomic E-state index is 12.6. The Kier molecular flexibility index (Phi) is 9.57. The molecule has 0 unspecified atom stereocenters. The summed E-state index contributed by atoms with van der Waals surface area (Å²) in [6, 6.07) is 3.55. The minimum atomic E-state index is -0.372. The van der Waals surface area contributed by atoms with E-state index < -0.39 is 0 Å². The zero-order valence-electron chi connectivity index (χ0n) is 18.4. The lowest BCUT2D eigenvalue weighted by Gasteiger charge is -2.23. The molecule has 1 aromatic rings. The molecular weight excluding hydrogens is 384 g/mol. The number of pyridine rings is 1. The van der Waals surface area contributed by atoms with E-state index in [0.717, 1.165) is 18.8 Å². The fourth-order valence-electron chi connectivity index (χ4n) is 3.59. The lowest BCUT2D eigenvalue weighted by atomic mass is 10.2. The van der Waals surface area contributed by atoms with Gasteiger partial charge in [0.25, 0.3) is 0 Å². The first-order valence-electron chi connectivity index (χ1n) is 10.9. The highest BCUT2D eigenvalue weighted by atomic mass is 16.5. The Balaban J connectivity index is 1.82. The number of rotatable bonds is 9. The monoisotopic (exact) mass is 418 g/mol. The van der Waals surface area contributed by atoms with Gasteiger partial charge in [0.05, 0.1) is 12.2 Å². The number of carbonyl (C=O) groups excluding carboxylic acids is 3. The molecule has 2 heterocycles. The normalized spacial score (nSPS) is 14.2. The van der Waals surface area contributed by atoms with Gasteiger partial charge in [-0.25, -0.2) is 9.78 Å². The molecule has 8 heteroatoms. The average molecular weight is 419 g/mol. The summed E-state index contributed by atoms with van der Waals surface area (Å²) < 4.78 is 4.99. The smallest absolute Gasteiger partial charge is 0.339 e. The van der Waals surface area contributed by atoms with E-state index in [0.29, 0.717) is 64.2 Å². The highest BCUT2D eigenvalue weighted by Crippen LogP contribution is 2.16. The second-order valence-electron chi connectivity index (χ2n) is 7.27. The van der Waals surface area contributed by atoms with E-state index in [1.54, 1.807) is 17.9 Å². The third kappa shape index (κ3) is 6.71. The van der Waals surface area contributed by atoms with Crippen LogP contribution in [0.1, 0.15) is 56.8 Å². The Morgan fingerprint density at radius 3 is 2.43 bits per heavy atom. The molecule has 1 aromatic heterocycles. The Morgan fingerprint density at radius 2 is 1.80 bits per heavy atom. The van der Waals surface area contributed by atoms with Crippen molar-refractivity contribution in [3.05, 3.63) is 23.9 Å². The summed E-state index contributed by atoms with van der Waals surface area (Å²) in [6.07, 6.45) is 3.80. The van der Waals surface area contributed by atoms with Crippen LogP contribution < -0.4 is 4.90 Å². The van der Waals surface area contributed by atoms with Crippen LogP contribution >= 0.6 is 0 Å². The van der Waals surface area contributed by atoms with Crippen molar-refractivity contribution < 1.29 is 19.1 Å². The Bertz CT molecular complexity index is 704. The predicted octanol–water partition coefficient (Wildman–Crippen LogP) is 2.34. The Hall–Kier alpha value is -2.64. The molecule has 0 bridgehead atoms. The lowest BCUT2D eigenvalue weighted by Crippen LogP contribution is -2.35. The van der Waals surface area contributed by atoms with E-state index in [-0.39, 0.29) is 17.8 Å². The summed E-state index contributed by atoms with van der Waals surface area (Å²) in [6.45, 7) is 10.3. The molecule has 0 aliphatic carbocycles. The summed E-state index contributed by atoms with van der Waals surface area (Å²) in [5.41, 5.74) is 0.437. The Labute approximate surface area is 179 Å². The first-order chi connectivity index (χ1) is 14.5. The SMILES string of the molecule is CCOC(=O)c1ccc(N2CCCN(C(=O)CCCC(=O)N(CC)CC)CC2)nc1. The van der Waals surface area contributed by atoms with Gasteiger partial charge in [0.1, 0.15) is 5.82 Å². The number of amides is 2. The van der Waals surface area contributed by atoms with Crippen molar-refractivity contribution in [2.45, 2.75) is 46.5 Å². The number of hydrogen-bond donors (Lipinski definition) is 0. The summed E-state index contributed by atoms with van der Waals surface area (Å²) in [7, 11) is 0. The molecule has 0 radical (unpaired) electrons. The first kappa shape index (κ1) is 23.6. The zero-order chi connectivity index (χ0) is 21.9. The third-order valence-electron chi connectivity index (χ3n) is 5.33. The van der Waals surface area contributed by atoms with Gasteiger partial charge in [-0.2, -0.15) is 0 Å². The summed E-state index contributed by atoms with van der Waals surface area (Å²) in [4.78, 5) is 46.6. The molecule has 166 valence electrons. The van der Waals surface area contributed by atoms with Gasteiger partial charge < -0.3 is 19.4 Å². The average Bonchev–Trinajstić information content (AvgIpc) is 3.01. The molecule has 2 amide bonds. The van der Waals surface area contributed by atoms with E-state index in [4.69, 9.17) is 4.74 Å². The maximum atomic E-state index is 12.6. The molecule has 0 N–H and O–H groups in total. The largest absolute Gasteiger partial charge is 0.462 e. The van der Waals surface area contributed by atoms with Crippen molar-refractivity contribution in [1.29, 1.82) is 0 Å². The topological polar surface area (TPSA) is 83.0 Å². The van der Waals surface area contributed by atoms with Gasteiger partial charge in [-0.1, -0.05) is 0 Å². The van der Waals surface area contributed by atoms with Gasteiger partial charge in [0, 0.05) is 58.3 Å². The molecule has 0 saturated carbocycles. The van der Waals surface area contributed by atoms with Crippen LogP contribution in [0.5, 0.6) is 0 Å². The molecule has 8 nitrogen and oxygen atoms in total. The lowest BCUT2D eigenvalue weighted by molar-refractivity contribution is -0.132. The second-order valence-corrected chi connectivity index (χ2v) is 7.27. The van der Waals surface area contributed by atoms with Crippen LogP contribution in [0.15, 0.2) is 18.3 Å². The zero-order valence-corrected chi connectivity index (χ0v) is 18.4. The quantitative estimate of drug-likeness (QED) is 0.573. The molecule has 1 aliphatic rings. The van der Waals surface area contributed by atoms with Crippen LogP contribution in [0.3, 0.4) is 0 Å². The molecule has 30 heavy (non-hydrogen) atoms. The number of esters is 1. The minimum absolute atomic E-state index is 0.106. The van der Waals surface area contributed by atoms with Gasteiger partial charge in [-0.15, -0.1) is 0 Å². The number of nitrogens with zero attached hydrogens (tertiary/aromatic N) is 4. The van der Waals surface area contributed by atoms with E-state index in [1.807, 2.05) is 24.8 Å². The number of anilines is 1. The maximum Gasteiger partial charge on any atom is 0.339 e. The van der Waals surface area contributed by atoms with Crippen LogP contribution in [0, 0.1) is 0 Å². The van der Waals surface area contributed by atoms with Crippen molar-refractivity contribution in [3.8, 4) is 0 Å². The molecule has 1 fully saturated rings. The van der Waals surface area contributed by atoms with E-state index in [9.17, 15) is 14.4 Å². The summed E-state index contributed by atoms with van der Waals surface area (Å²) in [5.74, 6) is 0.646. The first-order valence-corrected chi connectivity index (χ1v) is 10.9. The van der Waals surface area contributed by atoms with E-state index >= 15 is 0 Å². The van der Waals surface area contributed by atoms with Crippen molar-refractivity contribution in [3.63, 3.8) is 0 Å². The van der Waals surface area contributed by atoms with Crippen LogP contribution in [0.4, 0.5) is 5.82 Å². The highest BCUT2D eigenvalue weighted by Gasteiger charge is 2.20. The van der Waals surface area contributed by atoms with Gasteiger partial charge >= 0.3 is 5.97 Å². The highest BCUT2D eigenvalue weighted by molar-refractivity contribution is 5.89. The van der Waals surface area contributed by atoms with Gasteiger partial charge in [-0.05, 0) is 45.7 Å². The van der Waals surface area contributed by atoms with Crippen LogP contribution in [-0.2, 0) is 14.3 Å². The fourth-order valence-corrected chi connectivity index (χ4v) is 3.59. The number of hydrogen-bond acceptors (Lipinski definition) is 6. The van der Waals surface area contributed by atoms with Crippen LogP contribution in [0.25, 0.3) is 0 Å². The molecule has 1 saturated heterocycles. The third-order valence-corrected chi connectivity index (χ3v) is 5.33. The van der Waals surface area contributed by atoms with Gasteiger partial charge in [-0.3, -0.25) is 9.59 Å². The predicted molar refractivity (Wildman–Crippen MR) is 115 cm³/mol. The number of aromatic nitrogens is 1. The van der Waals surface area contributed by atoms with E-state index in [1.165, 1.54) is 6.20 Å². The van der Waals surface area contributed by atoms with E-state index in [2.05, 4.69) is 9.88 Å². The fraction of sp³-hybridized carbons (Fsp3) is 0.636. The standard InChI is InChI=1S/C22H34N4O4/c1-4-24(5-2)20(27)9-7-10-21(28)26-14-8-13-25(15-16-26)19-12-11-18(17-23-19)22(29)30-6-3/h11-12,17H,4-10,13-16H2,1-3H3. The Morgan fingerprint density at radius 1 is 1.03 bits per heavy atom. The molecule has 1 aliphatic heterocycles. The van der Waals surface area contributed by atoms with Crippen LogP contribution in [-0.4, -0.2) is 78.4 Å². The second kappa shape index (κ2) is 12.1. The minimum Gasteiger partial charge on any atom is -0.462 e. The molecule has 0 atom stereocenters. The number of carbonyl (C=O) groups is 3. The molecule has 0 spiro atoms. The molecular formula is C22H34N4O4. The molecule has 0 aromatic carbocycles. The number of ether oxygens (including phenoxy) is 1. The van der Waals surface area contributed by atoms with Crippen molar-refractivity contribution in [2.75, 3.05) is 50.8 Å². The van der Waals surface area contributed by atoms with Crippen molar-refractivity contribution in [1.82, 2.24) is 14.8 Å². The van der Waals surface area contributed by atoms with Gasteiger partial charge in [0.15, 0.2) is 0 Å². The molecule has 2 rings (SSSR count). The van der Waals surface area contributed by atoms with Crippen LogP contribution in [0.2, 0.25) is 0 Å². The van der Waals surface area contributed by atoms with Crippen molar-refractivity contribution >= 4 is 23.6 Å².